The maximum atomic E-state index is 5.34. The van der Waals surface area contributed by atoms with E-state index < -0.39 is 0 Å². The van der Waals surface area contributed by atoms with Gasteiger partial charge in [0.15, 0.2) is 0 Å². The van der Waals surface area contributed by atoms with Crippen LogP contribution < -0.4 is 14.8 Å². The first kappa shape index (κ1) is 23.8. The Morgan fingerprint density at radius 2 is 1.20 bits per heavy atom. The van der Waals surface area contributed by atoms with E-state index in [9.17, 15) is 0 Å². The molecule has 0 atom stereocenters. The number of methoxy groups -OCH3 is 2. The van der Waals surface area contributed by atoms with Crippen LogP contribution in [0.15, 0.2) is 78.9 Å². The van der Waals surface area contributed by atoms with Crippen LogP contribution >= 0.6 is 12.4 Å². The van der Waals surface area contributed by atoms with E-state index in [0.717, 1.165) is 24.5 Å². The van der Waals surface area contributed by atoms with Crippen molar-refractivity contribution in [1.29, 1.82) is 0 Å². The van der Waals surface area contributed by atoms with Crippen molar-refractivity contribution in [1.82, 2.24) is 5.32 Å². The van der Waals surface area contributed by atoms with Crippen molar-refractivity contribution in [2.75, 3.05) is 14.2 Å². The molecule has 0 unspecified atom stereocenters. The predicted molar refractivity (Wildman–Crippen MR) is 127 cm³/mol. The highest BCUT2D eigenvalue weighted by Gasteiger charge is 2.25. The molecule has 0 aliphatic carbocycles. The molecular formula is C26H32ClNO2. The van der Waals surface area contributed by atoms with Crippen molar-refractivity contribution in [3.8, 4) is 11.5 Å². The molecule has 0 radical (unpaired) electrons. The maximum Gasteiger partial charge on any atom is 0.118 e. The third-order valence-corrected chi connectivity index (χ3v) is 5.36. The summed E-state index contributed by atoms with van der Waals surface area (Å²) in [6.07, 6.45) is 0.971. The van der Waals surface area contributed by atoms with E-state index in [1.54, 1.807) is 14.2 Å². The highest BCUT2D eigenvalue weighted by molar-refractivity contribution is 5.85. The van der Waals surface area contributed by atoms with Crippen molar-refractivity contribution in [2.24, 2.45) is 0 Å². The zero-order chi connectivity index (χ0) is 20.7. The summed E-state index contributed by atoms with van der Waals surface area (Å²) >= 11 is 0. The van der Waals surface area contributed by atoms with Crippen molar-refractivity contribution < 1.29 is 9.47 Å². The summed E-state index contributed by atoms with van der Waals surface area (Å²) in [4.78, 5) is 0. The molecule has 0 spiro atoms. The van der Waals surface area contributed by atoms with Gasteiger partial charge in [-0.05, 0) is 61.2 Å². The second-order valence-corrected chi connectivity index (χ2v) is 8.03. The lowest BCUT2D eigenvalue weighted by Gasteiger charge is -2.32. The molecule has 0 aromatic heterocycles. The number of hydrogen-bond acceptors (Lipinski definition) is 3. The van der Waals surface area contributed by atoms with Crippen molar-refractivity contribution in [3.05, 3.63) is 95.6 Å². The van der Waals surface area contributed by atoms with Crippen LogP contribution in [-0.4, -0.2) is 19.8 Å². The molecule has 0 aliphatic rings. The first-order valence-electron chi connectivity index (χ1n) is 10.1. The van der Waals surface area contributed by atoms with E-state index in [4.69, 9.17) is 9.47 Å². The van der Waals surface area contributed by atoms with Gasteiger partial charge in [-0.25, -0.2) is 0 Å². The van der Waals surface area contributed by atoms with Crippen LogP contribution in [-0.2, 0) is 6.54 Å². The molecule has 30 heavy (non-hydrogen) atoms. The molecular weight excluding hydrogens is 394 g/mol. The second-order valence-electron chi connectivity index (χ2n) is 8.03. The Hall–Kier alpha value is -2.49. The van der Waals surface area contributed by atoms with Gasteiger partial charge in [-0.3, -0.25) is 0 Å². The summed E-state index contributed by atoms with van der Waals surface area (Å²) in [6, 6.07) is 27.4. The number of hydrogen-bond donors (Lipinski definition) is 1. The van der Waals surface area contributed by atoms with Gasteiger partial charge in [-0.15, -0.1) is 12.4 Å². The van der Waals surface area contributed by atoms with Gasteiger partial charge in [0.1, 0.15) is 11.5 Å². The van der Waals surface area contributed by atoms with E-state index in [0.29, 0.717) is 0 Å². The Labute approximate surface area is 186 Å². The topological polar surface area (TPSA) is 30.5 Å². The minimum absolute atomic E-state index is 0. The van der Waals surface area contributed by atoms with Gasteiger partial charge >= 0.3 is 0 Å². The predicted octanol–water partition coefficient (Wildman–Crippen LogP) is 6.22. The van der Waals surface area contributed by atoms with Gasteiger partial charge in [0.05, 0.1) is 14.2 Å². The minimum atomic E-state index is -0.0413. The molecule has 0 amide bonds. The lowest BCUT2D eigenvalue weighted by atomic mass is 9.81. The number of benzene rings is 3. The molecule has 3 aromatic carbocycles. The summed E-state index contributed by atoms with van der Waals surface area (Å²) in [5.74, 6) is 2.03. The minimum Gasteiger partial charge on any atom is -0.497 e. The van der Waals surface area contributed by atoms with Crippen molar-refractivity contribution >= 4 is 12.4 Å². The zero-order valence-electron chi connectivity index (χ0n) is 18.2. The van der Waals surface area contributed by atoms with Gasteiger partial charge < -0.3 is 14.8 Å². The summed E-state index contributed by atoms with van der Waals surface area (Å²) in [5, 5.41) is 3.74. The number of halogens is 1. The summed E-state index contributed by atoms with van der Waals surface area (Å²) in [5.41, 5.74) is 3.82. The van der Waals surface area contributed by atoms with Gasteiger partial charge in [0, 0.05) is 18.0 Å². The fourth-order valence-corrected chi connectivity index (χ4v) is 3.62. The van der Waals surface area contributed by atoms with Crippen LogP contribution in [0.2, 0.25) is 0 Å². The molecule has 0 fully saturated rings. The Kier molecular flexibility index (Phi) is 8.76. The smallest absolute Gasteiger partial charge is 0.118 e. The zero-order valence-corrected chi connectivity index (χ0v) is 19.0. The van der Waals surface area contributed by atoms with Gasteiger partial charge in [-0.1, -0.05) is 54.6 Å². The quantitative estimate of drug-likeness (QED) is 0.441. The number of nitrogens with one attached hydrogen (secondary N) is 1. The molecule has 3 rings (SSSR count). The van der Waals surface area contributed by atoms with Crippen molar-refractivity contribution in [2.45, 2.75) is 38.3 Å². The van der Waals surface area contributed by atoms with Gasteiger partial charge in [-0.2, -0.15) is 0 Å². The monoisotopic (exact) mass is 425 g/mol. The van der Waals surface area contributed by atoms with Crippen LogP contribution in [0.1, 0.15) is 42.9 Å². The Morgan fingerprint density at radius 3 is 1.63 bits per heavy atom. The Morgan fingerprint density at radius 1 is 0.733 bits per heavy atom. The molecule has 4 heteroatoms. The summed E-state index contributed by atoms with van der Waals surface area (Å²) in [6.45, 7) is 5.40. The molecule has 3 nitrogen and oxygen atoms in total. The highest BCUT2D eigenvalue weighted by Crippen LogP contribution is 2.34. The largest absolute Gasteiger partial charge is 0.497 e. The first-order chi connectivity index (χ1) is 14.0. The molecule has 160 valence electrons. The second kappa shape index (κ2) is 11.1. The molecule has 1 N–H and O–H groups in total. The average Bonchev–Trinajstić information content (AvgIpc) is 2.77. The SMILES string of the molecule is COc1ccc(C(CC(C)(C)NCc2ccccc2)c2ccc(OC)cc2)cc1.Cl. The molecule has 0 aliphatic heterocycles. The normalized spacial score (nSPS) is 11.1. The van der Waals surface area contributed by atoms with Crippen LogP contribution in [0, 0.1) is 0 Å². The Bertz CT molecular complexity index is 830. The fourth-order valence-electron chi connectivity index (χ4n) is 3.62. The van der Waals surface area contributed by atoms with E-state index in [1.165, 1.54) is 16.7 Å². The summed E-state index contributed by atoms with van der Waals surface area (Å²) < 4.78 is 10.7. The molecule has 0 bridgehead atoms. The van der Waals surface area contributed by atoms with E-state index in [2.05, 4.69) is 73.8 Å². The van der Waals surface area contributed by atoms with Gasteiger partial charge in [0.25, 0.3) is 0 Å². The third-order valence-electron chi connectivity index (χ3n) is 5.36. The van der Waals surface area contributed by atoms with Crippen molar-refractivity contribution in [3.63, 3.8) is 0 Å². The standard InChI is InChI=1S/C26H31NO2.ClH/c1-26(2,27-19-20-8-6-5-7-9-20)18-25(21-10-14-23(28-3)15-11-21)22-12-16-24(29-4)17-13-22;/h5-17,25,27H,18-19H2,1-4H3;1H. The lowest BCUT2D eigenvalue weighted by Crippen LogP contribution is -2.40. The highest BCUT2D eigenvalue weighted by atomic mass is 35.5. The van der Waals surface area contributed by atoms with Crippen LogP contribution in [0.4, 0.5) is 0 Å². The molecule has 0 heterocycles. The van der Waals surface area contributed by atoms with E-state index >= 15 is 0 Å². The molecule has 3 aromatic rings. The first-order valence-corrected chi connectivity index (χ1v) is 10.1. The van der Waals surface area contributed by atoms with E-state index in [1.807, 2.05) is 24.3 Å². The van der Waals surface area contributed by atoms with Crippen LogP contribution in [0.25, 0.3) is 0 Å². The Balaban J connectivity index is 0.00000320. The molecule has 0 saturated heterocycles. The third kappa shape index (κ3) is 6.51. The number of ether oxygens (including phenoxy) is 2. The molecule has 0 saturated carbocycles. The fraction of sp³-hybridized carbons (Fsp3) is 0.308. The maximum absolute atomic E-state index is 5.34. The average molecular weight is 426 g/mol. The number of rotatable bonds is 9. The summed E-state index contributed by atoms with van der Waals surface area (Å²) in [7, 11) is 3.40. The van der Waals surface area contributed by atoms with E-state index in [-0.39, 0.29) is 23.9 Å². The van der Waals surface area contributed by atoms with Crippen LogP contribution in [0.5, 0.6) is 11.5 Å². The lowest BCUT2D eigenvalue weighted by molar-refractivity contribution is 0.344. The van der Waals surface area contributed by atoms with Crippen LogP contribution in [0.3, 0.4) is 0 Å². The van der Waals surface area contributed by atoms with Gasteiger partial charge in [0.2, 0.25) is 0 Å².